The summed E-state index contributed by atoms with van der Waals surface area (Å²) in [5.41, 5.74) is 2.13. The maximum Gasteiger partial charge on any atom is 0.162 e. The van der Waals surface area contributed by atoms with Gasteiger partial charge in [0.15, 0.2) is 11.5 Å². The molecule has 5 atom stereocenters. The van der Waals surface area contributed by atoms with Gasteiger partial charge >= 0.3 is 0 Å². The van der Waals surface area contributed by atoms with Gasteiger partial charge in [0, 0.05) is 29.6 Å². The number of aliphatic hydroxyl groups excluding tert-OH is 3. The Kier molecular flexibility index (Phi) is 5.72. The number of aromatic hydroxyl groups is 1. The van der Waals surface area contributed by atoms with Crippen LogP contribution in [0.2, 0.25) is 0 Å². The average Bonchev–Trinajstić information content (AvgIpc) is 2.84. The number of aliphatic hydroxyl groups is 3. The van der Waals surface area contributed by atoms with E-state index in [0.717, 1.165) is 16.9 Å². The highest BCUT2D eigenvalue weighted by Crippen LogP contribution is 2.61. The minimum Gasteiger partial charge on any atom is -0.504 e. The molecule has 0 unspecified atom stereocenters. The molecule has 5 rings (SSSR count). The first-order valence-electron chi connectivity index (χ1n) is 11.5. The molecule has 0 aromatic heterocycles. The third-order valence-electron chi connectivity index (χ3n) is 7.74. The molecule has 2 aliphatic carbocycles. The second kappa shape index (κ2) is 8.46. The molecule has 2 aromatic carbocycles. The van der Waals surface area contributed by atoms with E-state index in [1.165, 1.54) is 14.2 Å². The number of phenolic OH excluding ortho intramolecular Hbond substituents is 1. The highest BCUT2D eigenvalue weighted by atomic mass is 16.5. The first kappa shape index (κ1) is 23.0. The van der Waals surface area contributed by atoms with Crippen LogP contribution in [0, 0.1) is 0 Å². The molecule has 0 amide bonds. The molecule has 3 aliphatic rings. The highest BCUT2D eigenvalue weighted by molar-refractivity contribution is 5.63. The van der Waals surface area contributed by atoms with Crippen molar-refractivity contribution < 1.29 is 34.6 Å². The number of hydrogen-bond acceptors (Lipinski definition) is 8. The normalized spacial score (nSPS) is 30.4. The van der Waals surface area contributed by atoms with E-state index in [2.05, 4.69) is 4.90 Å². The van der Waals surface area contributed by atoms with E-state index in [0.29, 0.717) is 36.4 Å². The molecule has 4 N–H and O–H groups in total. The number of piperidine rings is 1. The molecular weight excluding hydrogens is 438 g/mol. The molecule has 182 valence electrons. The molecule has 34 heavy (non-hydrogen) atoms. The molecule has 8 nitrogen and oxygen atoms in total. The third kappa shape index (κ3) is 3.20. The minimum absolute atomic E-state index is 0.0438. The van der Waals surface area contributed by atoms with Crippen molar-refractivity contribution in [2.24, 2.45) is 0 Å². The topological polar surface area (TPSA) is 112 Å². The predicted molar refractivity (Wildman–Crippen MR) is 124 cm³/mol. The van der Waals surface area contributed by atoms with Gasteiger partial charge in [-0.25, -0.2) is 0 Å². The van der Waals surface area contributed by atoms with Gasteiger partial charge in [0.2, 0.25) is 0 Å². The Morgan fingerprint density at radius 3 is 2.32 bits per heavy atom. The van der Waals surface area contributed by atoms with Crippen molar-refractivity contribution in [3.8, 4) is 17.2 Å². The number of nitrogens with zero attached hydrogens (tertiary/aromatic N) is 1. The van der Waals surface area contributed by atoms with Crippen LogP contribution in [0.5, 0.6) is 17.2 Å². The predicted octanol–water partition coefficient (Wildman–Crippen LogP) is 1.99. The van der Waals surface area contributed by atoms with Crippen LogP contribution in [0.3, 0.4) is 0 Å². The Hall–Kier alpha value is -2.78. The molecule has 1 fully saturated rings. The number of ether oxygens (including phenoxy) is 3. The highest BCUT2D eigenvalue weighted by Gasteiger charge is 2.60. The van der Waals surface area contributed by atoms with E-state index < -0.39 is 29.8 Å². The van der Waals surface area contributed by atoms with E-state index in [4.69, 9.17) is 14.2 Å². The summed E-state index contributed by atoms with van der Waals surface area (Å²) in [6.45, 7) is 1.19. The molecule has 0 saturated carbocycles. The van der Waals surface area contributed by atoms with Gasteiger partial charge in [-0.1, -0.05) is 18.2 Å². The van der Waals surface area contributed by atoms with Crippen LogP contribution in [0.25, 0.3) is 0 Å². The molecule has 0 spiro atoms. The Morgan fingerprint density at radius 1 is 0.941 bits per heavy atom. The van der Waals surface area contributed by atoms with Crippen LogP contribution in [-0.2, 0) is 16.7 Å². The van der Waals surface area contributed by atoms with Crippen LogP contribution in [0.1, 0.15) is 35.6 Å². The Bertz CT molecular complexity index is 1110. The molecule has 1 aliphatic heterocycles. The Labute approximate surface area is 198 Å². The van der Waals surface area contributed by atoms with Crippen molar-refractivity contribution in [2.45, 2.75) is 49.2 Å². The monoisotopic (exact) mass is 469 g/mol. The first-order valence-corrected chi connectivity index (χ1v) is 11.5. The van der Waals surface area contributed by atoms with Gasteiger partial charge in [-0.05, 0) is 42.2 Å². The lowest BCUT2D eigenvalue weighted by Crippen LogP contribution is -2.61. The summed E-state index contributed by atoms with van der Waals surface area (Å²) in [6, 6.07) is 10.7. The maximum atomic E-state index is 11.6. The first-order chi connectivity index (χ1) is 16.4. The van der Waals surface area contributed by atoms with Gasteiger partial charge in [-0.2, -0.15) is 0 Å². The van der Waals surface area contributed by atoms with E-state index in [1.54, 1.807) is 19.2 Å². The Balaban J connectivity index is 1.69. The van der Waals surface area contributed by atoms with Crippen LogP contribution < -0.4 is 9.47 Å². The number of methoxy groups -OCH3 is 3. The summed E-state index contributed by atoms with van der Waals surface area (Å²) in [5, 5.41) is 44.5. The van der Waals surface area contributed by atoms with E-state index >= 15 is 0 Å². The van der Waals surface area contributed by atoms with Gasteiger partial charge in [0.1, 0.15) is 17.6 Å². The lowest BCUT2D eigenvalue weighted by atomic mass is 9.54. The van der Waals surface area contributed by atoms with Crippen molar-refractivity contribution in [1.29, 1.82) is 0 Å². The molecule has 0 radical (unpaired) electrons. The smallest absolute Gasteiger partial charge is 0.162 e. The summed E-state index contributed by atoms with van der Waals surface area (Å²) in [6.07, 6.45) is -2.46. The quantitative estimate of drug-likeness (QED) is 0.526. The van der Waals surface area contributed by atoms with E-state index in [9.17, 15) is 20.4 Å². The molecule has 1 saturated heterocycles. The second-order valence-corrected chi connectivity index (χ2v) is 9.32. The zero-order chi connectivity index (χ0) is 24.2. The SMILES string of the molecule is COC1=C2[C@H]3[C@H](O)c4ccc(OC)c(O)c4[C@@]2(CCN3Cc2ccc(OC)cc2)C[C@H](O)[C@@H]1O. The second-order valence-electron chi connectivity index (χ2n) is 9.32. The van der Waals surface area contributed by atoms with Gasteiger partial charge in [-0.3, -0.25) is 4.90 Å². The van der Waals surface area contributed by atoms with Crippen molar-refractivity contribution in [3.63, 3.8) is 0 Å². The largest absolute Gasteiger partial charge is 0.504 e. The summed E-state index contributed by atoms with van der Waals surface area (Å²) >= 11 is 0. The minimum atomic E-state index is -1.21. The Morgan fingerprint density at radius 2 is 1.68 bits per heavy atom. The van der Waals surface area contributed by atoms with Gasteiger partial charge in [-0.15, -0.1) is 0 Å². The summed E-state index contributed by atoms with van der Waals surface area (Å²) < 4.78 is 16.3. The summed E-state index contributed by atoms with van der Waals surface area (Å²) in [7, 11) is 4.57. The van der Waals surface area contributed by atoms with Crippen molar-refractivity contribution in [1.82, 2.24) is 4.90 Å². The van der Waals surface area contributed by atoms with Crippen LogP contribution in [0.15, 0.2) is 47.7 Å². The lowest BCUT2D eigenvalue weighted by molar-refractivity contribution is -0.0536. The molecule has 2 bridgehead atoms. The zero-order valence-electron chi connectivity index (χ0n) is 19.6. The number of fused-ring (bicyclic) bond motifs is 1. The van der Waals surface area contributed by atoms with Gasteiger partial charge < -0.3 is 34.6 Å². The third-order valence-corrected chi connectivity index (χ3v) is 7.74. The van der Waals surface area contributed by atoms with Gasteiger partial charge in [0.25, 0.3) is 0 Å². The van der Waals surface area contributed by atoms with Crippen LogP contribution in [-0.4, -0.2) is 71.4 Å². The van der Waals surface area contributed by atoms with E-state index in [1.807, 2.05) is 24.3 Å². The average molecular weight is 470 g/mol. The fourth-order valence-electron chi connectivity index (χ4n) is 6.23. The number of phenols is 1. The zero-order valence-corrected chi connectivity index (χ0v) is 19.6. The van der Waals surface area contributed by atoms with Crippen LogP contribution in [0.4, 0.5) is 0 Å². The van der Waals surface area contributed by atoms with Crippen LogP contribution >= 0.6 is 0 Å². The number of likely N-dealkylation sites (tertiary alicyclic amines) is 1. The van der Waals surface area contributed by atoms with Crippen molar-refractivity contribution >= 4 is 0 Å². The molecule has 2 aromatic rings. The number of rotatable bonds is 5. The number of benzene rings is 2. The maximum absolute atomic E-state index is 11.6. The molecule has 1 heterocycles. The number of hydrogen-bond donors (Lipinski definition) is 4. The summed E-state index contributed by atoms with van der Waals surface area (Å²) in [4.78, 5) is 2.17. The van der Waals surface area contributed by atoms with E-state index in [-0.39, 0.29) is 17.9 Å². The standard InChI is InChI=1S/C26H31NO7/c1-32-15-6-4-14(5-7-15)13-27-11-10-26-12-17(28)23(30)25(34-3)20(26)21(27)22(29)16-8-9-18(33-2)24(31)19(16)26/h4-9,17,21-23,28-31H,10-13H2,1-3H3/t17-,21-,22+,23-,26+/m0/s1. The fourth-order valence-corrected chi connectivity index (χ4v) is 6.23. The molecular formula is C26H31NO7. The van der Waals surface area contributed by atoms with Crippen molar-refractivity contribution in [3.05, 3.63) is 64.4 Å². The molecule has 8 heteroatoms. The fraction of sp³-hybridized carbons (Fsp3) is 0.462. The van der Waals surface area contributed by atoms with Gasteiger partial charge in [0.05, 0.1) is 39.6 Å². The summed E-state index contributed by atoms with van der Waals surface area (Å²) in [5.74, 6) is 1.29. The van der Waals surface area contributed by atoms with Crippen molar-refractivity contribution in [2.75, 3.05) is 27.9 Å². The lowest BCUT2D eigenvalue weighted by Gasteiger charge is -2.58.